The number of nitrogens with one attached hydrogen (secondary N) is 1. The van der Waals surface area contributed by atoms with Crippen LogP contribution in [0.2, 0.25) is 0 Å². The quantitative estimate of drug-likeness (QED) is 0.468. The minimum atomic E-state index is -4.00. The van der Waals surface area contributed by atoms with Crippen LogP contribution in [-0.4, -0.2) is 51.0 Å². The third-order valence-electron chi connectivity index (χ3n) is 2.31. The summed E-state index contributed by atoms with van der Waals surface area (Å²) >= 11 is 0. The number of hydrogen-bond acceptors (Lipinski definition) is 4. The summed E-state index contributed by atoms with van der Waals surface area (Å²) in [6.45, 7) is 5.07. The van der Waals surface area contributed by atoms with E-state index in [1.165, 1.54) is 18.2 Å². The van der Waals surface area contributed by atoms with Crippen LogP contribution in [-0.2, 0) is 14.9 Å². The molecule has 2 N–H and O–H groups in total. The highest BCUT2D eigenvalue weighted by molar-refractivity contribution is 7.85. The fourth-order valence-corrected chi connectivity index (χ4v) is 1.77. The number of carbonyl (C=O) groups is 1. The molecule has 1 aromatic carbocycles. The molecule has 0 aromatic heterocycles. The molecule has 0 aliphatic heterocycles. The van der Waals surface area contributed by atoms with Gasteiger partial charge in [-0.05, 0) is 45.3 Å². The highest BCUT2D eigenvalue weighted by Gasteiger charge is 2.05. The smallest absolute Gasteiger partial charge is 0.294 e. The van der Waals surface area contributed by atoms with Crippen LogP contribution in [0.15, 0.2) is 47.9 Å². The lowest BCUT2D eigenvalue weighted by Crippen LogP contribution is -2.25. The van der Waals surface area contributed by atoms with E-state index in [4.69, 9.17) is 4.55 Å². The SMILES string of the molecule is C=CC(=O)NCCCN(C)C.O=S(=O)(O)c1ccccc1. The van der Waals surface area contributed by atoms with Gasteiger partial charge in [-0.1, -0.05) is 24.8 Å². The molecule has 0 saturated heterocycles. The fraction of sp³-hybridized carbons (Fsp3) is 0.357. The van der Waals surface area contributed by atoms with Crippen molar-refractivity contribution in [2.24, 2.45) is 0 Å². The van der Waals surface area contributed by atoms with Crippen LogP contribution in [0.25, 0.3) is 0 Å². The minimum absolute atomic E-state index is 0.0741. The Morgan fingerprint density at radius 3 is 2.29 bits per heavy atom. The minimum Gasteiger partial charge on any atom is -0.353 e. The largest absolute Gasteiger partial charge is 0.353 e. The summed E-state index contributed by atoms with van der Waals surface area (Å²) < 4.78 is 29.2. The first-order chi connectivity index (χ1) is 9.77. The van der Waals surface area contributed by atoms with Crippen LogP contribution in [0.5, 0.6) is 0 Å². The Bertz CT molecular complexity index is 527. The molecule has 0 aliphatic carbocycles. The lowest BCUT2D eigenvalue weighted by Gasteiger charge is -2.08. The van der Waals surface area contributed by atoms with Crippen molar-refractivity contribution in [3.8, 4) is 0 Å². The first kappa shape index (κ1) is 19.3. The van der Waals surface area contributed by atoms with Crippen molar-refractivity contribution in [1.29, 1.82) is 0 Å². The Labute approximate surface area is 126 Å². The summed E-state index contributed by atoms with van der Waals surface area (Å²) in [4.78, 5) is 12.6. The zero-order chi connectivity index (χ0) is 16.3. The maximum absolute atomic E-state index is 10.6. The molecule has 0 spiro atoms. The van der Waals surface area contributed by atoms with Gasteiger partial charge >= 0.3 is 0 Å². The van der Waals surface area contributed by atoms with Crippen LogP contribution in [0, 0.1) is 0 Å². The van der Waals surface area contributed by atoms with E-state index >= 15 is 0 Å². The standard InChI is InChI=1S/C8H16N2O.C6H6O3S/c1-4-8(11)9-6-5-7-10(2)3;7-10(8,9)6-4-2-1-3-5-6/h4H,1,5-7H2,2-3H3,(H,9,11);1-5H,(H,7,8,9). The first-order valence-corrected chi connectivity index (χ1v) is 7.79. The molecule has 0 fully saturated rings. The van der Waals surface area contributed by atoms with E-state index < -0.39 is 10.1 Å². The first-order valence-electron chi connectivity index (χ1n) is 6.35. The zero-order valence-electron chi connectivity index (χ0n) is 12.3. The van der Waals surface area contributed by atoms with Crippen LogP contribution in [0.3, 0.4) is 0 Å². The summed E-state index contributed by atoms with van der Waals surface area (Å²) in [5.74, 6) is -0.0937. The van der Waals surface area contributed by atoms with E-state index in [0.717, 1.165) is 19.5 Å². The zero-order valence-corrected chi connectivity index (χ0v) is 13.1. The van der Waals surface area contributed by atoms with E-state index in [0.29, 0.717) is 0 Å². The molecular weight excluding hydrogens is 292 g/mol. The van der Waals surface area contributed by atoms with Gasteiger partial charge in [0.05, 0.1) is 4.90 Å². The molecular formula is C14H22N2O4S. The van der Waals surface area contributed by atoms with E-state index in [-0.39, 0.29) is 10.8 Å². The highest BCUT2D eigenvalue weighted by atomic mass is 32.2. The number of carbonyl (C=O) groups excluding carboxylic acids is 1. The molecule has 0 radical (unpaired) electrons. The maximum atomic E-state index is 10.6. The molecule has 1 rings (SSSR count). The number of hydrogen-bond donors (Lipinski definition) is 2. The van der Waals surface area contributed by atoms with Gasteiger partial charge in [0, 0.05) is 6.54 Å². The molecule has 118 valence electrons. The van der Waals surface area contributed by atoms with Gasteiger partial charge < -0.3 is 10.2 Å². The van der Waals surface area contributed by atoms with E-state index in [9.17, 15) is 13.2 Å². The number of amides is 1. The molecule has 1 aromatic rings. The number of nitrogens with zero attached hydrogens (tertiary/aromatic N) is 1. The highest BCUT2D eigenvalue weighted by Crippen LogP contribution is 2.05. The van der Waals surface area contributed by atoms with Crippen LogP contribution < -0.4 is 5.32 Å². The van der Waals surface area contributed by atoms with Crippen molar-refractivity contribution in [2.45, 2.75) is 11.3 Å². The summed E-state index contributed by atoms with van der Waals surface area (Å²) in [7, 11) is 0.0157. The van der Waals surface area contributed by atoms with Crippen molar-refractivity contribution >= 4 is 16.0 Å². The second-order valence-corrected chi connectivity index (χ2v) is 5.86. The Morgan fingerprint density at radius 1 is 1.33 bits per heavy atom. The predicted octanol–water partition coefficient (Wildman–Crippen LogP) is 1.17. The molecule has 0 heterocycles. The van der Waals surface area contributed by atoms with Crippen molar-refractivity contribution in [3.05, 3.63) is 43.0 Å². The Morgan fingerprint density at radius 2 is 1.90 bits per heavy atom. The van der Waals surface area contributed by atoms with Gasteiger partial charge in [0.15, 0.2) is 0 Å². The molecule has 0 aliphatic rings. The molecule has 21 heavy (non-hydrogen) atoms. The molecule has 0 atom stereocenters. The van der Waals surface area contributed by atoms with Crippen molar-refractivity contribution in [2.75, 3.05) is 27.2 Å². The molecule has 0 saturated carbocycles. The van der Waals surface area contributed by atoms with Gasteiger partial charge in [-0.3, -0.25) is 9.35 Å². The van der Waals surface area contributed by atoms with Crippen LogP contribution in [0.4, 0.5) is 0 Å². The third kappa shape index (κ3) is 10.7. The molecule has 0 unspecified atom stereocenters. The van der Waals surface area contributed by atoms with Crippen LogP contribution >= 0.6 is 0 Å². The summed E-state index contributed by atoms with van der Waals surface area (Å²) in [5.41, 5.74) is 0. The van der Waals surface area contributed by atoms with E-state index in [1.54, 1.807) is 18.2 Å². The van der Waals surface area contributed by atoms with Crippen molar-refractivity contribution in [3.63, 3.8) is 0 Å². The molecule has 0 bridgehead atoms. The average Bonchev–Trinajstić information content (AvgIpc) is 2.44. The van der Waals surface area contributed by atoms with Gasteiger partial charge in [-0.2, -0.15) is 8.42 Å². The summed E-state index contributed by atoms with van der Waals surface area (Å²) in [5, 5.41) is 2.70. The maximum Gasteiger partial charge on any atom is 0.294 e. The average molecular weight is 314 g/mol. The second-order valence-electron chi connectivity index (χ2n) is 4.44. The van der Waals surface area contributed by atoms with Gasteiger partial charge in [0.1, 0.15) is 0 Å². The Balaban J connectivity index is 0.000000382. The molecule has 1 amide bonds. The van der Waals surface area contributed by atoms with Crippen molar-refractivity contribution < 1.29 is 17.8 Å². The molecule has 6 nitrogen and oxygen atoms in total. The Hall–Kier alpha value is -1.70. The second kappa shape index (κ2) is 10.1. The Kier molecular flexibility index (Phi) is 9.27. The fourth-order valence-electron chi connectivity index (χ4n) is 1.27. The monoisotopic (exact) mass is 314 g/mol. The van der Waals surface area contributed by atoms with E-state index in [1.807, 2.05) is 14.1 Å². The van der Waals surface area contributed by atoms with Gasteiger partial charge in [-0.15, -0.1) is 0 Å². The normalized spacial score (nSPS) is 10.5. The summed E-state index contributed by atoms with van der Waals surface area (Å²) in [6, 6.07) is 7.42. The topological polar surface area (TPSA) is 86.7 Å². The van der Waals surface area contributed by atoms with Gasteiger partial charge in [-0.25, -0.2) is 0 Å². The van der Waals surface area contributed by atoms with Gasteiger partial charge in [0.25, 0.3) is 10.1 Å². The summed E-state index contributed by atoms with van der Waals surface area (Å²) in [6.07, 6.45) is 2.27. The molecule has 7 heteroatoms. The third-order valence-corrected chi connectivity index (χ3v) is 3.18. The lowest BCUT2D eigenvalue weighted by atomic mass is 10.4. The van der Waals surface area contributed by atoms with E-state index in [2.05, 4.69) is 16.8 Å². The van der Waals surface area contributed by atoms with Crippen molar-refractivity contribution in [1.82, 2.24) is 10.2 Å². The number of benzene rings is 1. The van der Waals surface area contributed by atoms with Crippen LogP contribution in [0.1, 0.15) is 6.42 Å². The predicted molar refractivity (Wildman–Crippen MR) is 82.6 cm³/mol. The number of rotatable bonds is 6. The van der Waals surface area contributed by atoms with Gasteiger partial charge in [0.2, 0.25) is 5.91 Å². The lowest BCUT2D eigenvalue weighted by molar-refractivity contribution is -0.116.